The van der Waals surface area contributed by atoms with Gasteiger partial charge in [-0.25, -0.2) is 0 Å². The molecule has 0 aromatic heterocycles. The van der Waals surface area contributed by atoms with Crippen LogP contribution in [0.4, 0.5) is 0 Å². The number of hydrogen-bond acceptors (Lipinski definition) is 9. The van der Waals surface area contributed by atoms with E-state index in [0.717, 1.165) is 29.6 Å². The second-order valence-corrected chi connectivity index (χ2v) is 10.8. The number of aliphatic hydroxyl groups is 2. The van der Waals surface area contributed by atoms with Gasteiger partial charge in [-0.15, -0.1) is 0 Å². The van der Waals surface area contributed by atoms with Crippen LogP contribution in [0.15, 0.2) is 0 Å². The standard InChI is InChI=1S/C8H16O3S2.C6H12O2S2/c1-10-4-8(5-11-3-2-9)6-12-13-7-8;1-8-3-6(2-7)4-9-10-5-6/h9H,2-7H2,1H3;7H,2-5H2,1H3. The third-order valence-electron chi connectivity index (χ3n) is 3.51. The van der Waals surface area contributed by atoms with Crippen LogP contribution in [0.25, 0.3) is 0 Å². The van der Waals surface area contributed by atoms with Crippen molar-refractivity contribution in [3.63, 3.8) is 0 Å². The first-order valence-corrected chi connectivity index (χ1v) is 12.4. The number of aliphatic hydroxyl groups excluding tert-OH is 2. The first kappa shape index (κ1) is 22.2. The van der Waals surface area contributed by atoms with E-state index in [1.54, 1.807) is 14.2 Å². The molecule has 0 spiro atoms. The fraction of sp³-hybridized carbons (Fsp3) is 1.00. The second kappa shape index (κ2) is 12.5. The van der Waals surface area contributed by atoms with Crippen molar-refractivity contribution in [2.45, 2.75) is 0 Å². The summed E-state index contributed by atoms with van der Waals surface area (Å²) >= 11 is 0. The molecule has 2 saturated heterocycles. The zero-order chi connectivity index (χ0) is 17.0. The van der Waals surface area contributed by atoms with Crippen LogP contribution in [0.3, 0.4) is 0 Å². The van der Waals surface area contributed by atoms with Gasteiger partial charge in [-0.05, 0) is 0 Å². The normalized spacial score (nSPS) is 21.9. The zero-order valence-electron chi connectivity index (χ0n) is 13.8. The summed E-state index contributed by atoms with van der Waals surface area (Å²) < 4.78 is 15.6. The molecule has 23 heavy (non-hydrogen) atoms. The minimum atomic E-state index is 0.0457. The third kappa shape index (κ3) is 7.96. The van der Waals surface area contributed by atoms with Crippen LogP contribution in [-0.2, 0) is 14.2 Å². The van der Waals surface area contributed by atoms with Gasteiger partial charge in [-0.2, -0.15) is 0 Å². The summed E-state index contributed by atoms with van der Waals surface area (Å²) in [6.07, 6.45) is 0. The maximum atomic E-state index is 9.04. The van der Waals surface area contributed by atoms with E-state index in [2.05, 4.69) is 0 Å². The predicted molar refractivity (Wildman–Crippen MR) is 103 cm³/mol. The highest BCUT2D eigenvalue weighted by Gasteiger charge is 2.36. The number of ether oxygens (including phenoxy) is 3. The minimum Gasteiger partial charge on any atom is -0.396 e. The number of hydrogen-bond donors (Lipinski definition) is 2. The molecule has 0 aliphatic carbocycles. The molecule has 2 aliphatic rings. The van der Waals surface area contributed by atoms with Gasteiger partial charge in [0.25, 0.3) is 0 Å². The van der Waals surface area contributed by atoms with Crippen LogP contribution in [-0.4, -0.2) is 87.1 Å². The first-order valence-electron chi connectivity index (χ1n) is 7.42. The Hall–Kier alpha value is 1.20. The van der Waals surface area contributed by atoms with Gasteiger partial charge in [-0.3, -0.25) is 0 Å². The van der Waals surface area contributed by atoms with Crippen molar-refractivity contribution in [3.05, 3.63) is 0 Å². The summed E-state index contributed by atoms with van der Waals surface area (Å²) in [7, 11) is 10.8. The summed E-state index contributed by atoms with van der Waals surface area (Å²) in [5.41, 5.74) is 0.212. The molecule has 0 atom stereocenters. The van der Waals surface area contributed by atoms with Gasteiger partial charge in [0.15, 0.2) is 0 Å². The van der Waals surface area contributed by atoms with E-state index in [1.165, 1.54) is 0 Å². The van der Waals surface area contributed by atoms with Gasteiger partial charge in [-0.1, -0.05) is 43.2 Å². The van der Waals surface area contributed by atoms with Crippen molar-refractivity contribution >= 4 is 43.2 Å². The van der Waals surface area contributed by atoms with E-state index in [0.29, 0.717) is 19.8 Å². The monoisotopic (exact) mass is 404 g/mol. The number of rotatable bonds is 9. The minimum absolute atomic E-state index is 0.0457. The molecule has 0 saturated carbocycles. The Morgan fingerprint density at radius 2 is 1.26 bits per heavy atom. The summed E-state index contributed by atoms with van der Waals surface area (Å²) in [5.74, 6) is 4.19. The molecule has 0 unspecified atom stereocenters. The largest absolute Gasteiger partial charge is 0.396 e. The highest BCUT2D eigenvalue weighted by molar-refractivity contribution is 8.77. The Morgan fingerprint density at radius 1 is 0.783 bits per heavy atom. The Labute approximate surface area is 155 Å². The van der Waals surface area contributed by atoms with Crippen LogP contribution >= 0.6 is 43.2 Å². The van der Waals surface area contributed by atoms with Crippen LogP contribution in [0.1, 0.15) is 0 Å². The van der Waals surface area contributed by atoms with Gasteiger partial charge < -0.3 is 24.4 Å². The van der Waals surface area contributed by atoms with Gasteiger partial charge in [0.2, 0.25) is 0 Å². The maximum absolute atomic E-state index is 9.04. The van der Waals surface area contributed by atoms with E-state index < -0.39 is 0 Å². The molecule has 5 nitrogen and oxygen atoms in total. The molecular formula is C14H28O5S4. The lowest BCUT2D eigenvalue weighted by Gasteiger charge is -2.25. The molecule has 0 bridgehead atoms. The molecule has 0 amide bonds. The highest BCUT2D eigenvalue weighted by atomic mass is 33.1. The van der Waals surface area contributed by atoms with Crippen molar-refractivity contribution in [3.8, 4) is 0 Å². The quantitative estimate of drug-likeness (QED) is 0.444. The highest BCUT2D eigenvalue weighted by Crippen LogP contribution is 2.43. The van der Waals surface area contributed by atoms with E-state index in [-0.39, 0.29) is 24.0 Å². The van der Waals surface area contributed by atoms with E-state index in [1.807, 2.05) is 43.2 Å². The summed E-state index contributed by atoms with van der Waals surface area (Å²) in [6, 6.07) is 0. The fourth-order valence-electron chi connectivity index (χ4n) is 2.14. The number of methoxy groups -OCH3 is 2. The summed E-state index contributed by atoms with van der Waals surface area (Å²) in [5, 5.41) is 17.6. The van der Waals surface area contributed by atoms with Gasteiger partial charge in [0.05, 0.1) is 39.6 Å². The van der Waals surface area contributed by atoms with Crippen molar-refractivity contribution < 1.29 is 24.4 Å². The smallest absolute Gasteiger partial charge is 0.0698 e. The molecule has 2 N–H and O–H groups in total. The fourth-order valence-corrected chi connectivity index (χ4v) is 8.83. The summed E-state index contributed by atoms with van der Waals surface area (Å²) in [6.45, 7) is 2.91. The first-order chi connectivity index (χ1) is 11.2. The second-order valence-electron chi connectivity index (χ2n) is 5.85. The van der Waals surface area contributed by atoms with Crippen LogP contribution < -0.4 is 0 Å². The van der Waals surface area contributed by atoms with Gasteiger partial charge >= 0.3 is 0 Å². The molecular weight excluding hydrogens is 376 g/mol. The van der Waals surface area contributed by atoms with Crippen molar-refractivity contribution in [2.24, 2.45) is 10.8 Å². The molecule has 0 radical (unpaired) electrons. The Balaban J connectivity index is 0.000000238. The Morgan fingerprint density at radius 3 is 1.70 bits per heavy atom. The van der Waals surface area contributed by atoms with Crippen LogP contribution in [0.5, 0.6) is 0 Å². The SMILES string of the molecule is COCC1(CO)CSSC1.COCC1(COCCO)CSSC1. The van der Waals surface area contributed by atoms with Crippen molar-refractivity contribution in [1.82, 2.24) is 0 Å². The molecule has 0 aromatic rings. The average Bonchev–Trinajstić information content (AvgIpc) is 3.20. The van der Waals surface area contributed by atoms with Gasteiger partial charge in [0, 0.05) is 48.1 Å². The van der Waals surface area contributed by atoms with E-state index >= 15 is 0 Å². The summed E-state index contributed by atoms with van der Waals surface area (Å²) in [4.78, 5) is 0. The maximum Gasteiger partial charge on any atom is 0.0698 e. The third-order valence-corrected chi connectivity index (χ3v) is 9.18. The lowest BCUT2D eigenvalue weighted by molar-refractivity contribution is 0.00700. The molecule has 2 fully saturated rings. The van der Waals surface area contributed by atoms with E-state index in [4.69, 9.17) is 24.4 Å². The van der Waals surface area contributed by atoms with E-state index in [9.17, 15) is 0 Å². The molecule has 138 valence electrons. The molecule has 2 rings (SSSR count). The molecule has 2 heterocycles. The molecule has 2 aliphatic heterocycles. The average molecular weight is 405 g/mol. The Bertz CT molecular complexity index is 297. The molecule has 9 heteroatoms. The zero-order valence-corrected chi connectivity index (χ0v) is 17.1. The van der Waals surface area contributed by atoms with Crippen LogP contribution in [0.2, 0.25) is 0 Å². The lowest BCUT2D eigenvalue weighted by atomic mass is 9.95. The lowest BCUT2D eigenvalue weighted by Crippen LogP contribution is -2.34. The van der Waals surface area contributed by atoms with Gasteiger partial charge in [0.1, 0.15) is 0 Å². The molecule has 0 aromatic carbocycles. The van der Waals surface area contributed by atoms with Crippen molar-refractivity contribution in [1.29, 1.82) is 0 Å². The Kier molecular flexibility index (Phi) is 12.1. The van der Waals surface area contributed by atoms with Crippen molar-refractivity contribution in [2.75, 3.05) is 76.9 Å². The topological polar surface area (TPSA) is 68.2 Å². The van der Waals surface area contributed by atoms with Crippen LogP contribution in [0, 0.1) is 10.8 Å². The predicted octanol–water partition coefficient (Wildman–Crippen LogP) is 2.03.